The number of carbonyl (C=O) groups is 1. The molecule has 0 radical (unpaired) electrons. The minimum absolute atomic E-state index is 0.0366. The van der Waals surface area contributed by atoms with E-state index in [0.29, 0.717) is 6.42 Å². The maximum absolute atomic E-state index is 10.6. The molecule has 0 heterocycles. The number of carboxylic acid groups (broad SMARTS) is 1. The predicted octanol–water partition coefficient (Wildman–Crippen LogP) is 5.07. The van der Waals surface area contributed by atoms with Crippen LogP contribution >= 0.6 is 7.82 Å². The van der Waals surface area contributed by atoms with Crippen molar-refractivity contribution < 1.29 is 34.3 Å². The Hall–Kier alpha value is -0.880. The minimum atomic E-state index is -4.64. The summed E-state index contributed by atoms with van der Waals surface area (Å²) in [4.78, 5) is 32.2. The van der Waals surface area contributed by atoms with Crippen LogP contribution in [0, 0.1) is 0 Å². The van der Waals surface area contributed by atoms with Gasteiger partial charge in [-0.05, 0) is 13.3 Å². The molecule has 0 aromatic rings. The summed E-state index contributed by atoms with van der Waals surface area (Å²) >= 11 is 0. The summed E-state index contributed by atoms with van der Waals surface area (Å²) in [6.07, 6.45) is 15.8. The standard InChI is InChI=1S/C18H34O3.H3O4P/c1-3-4-5-6-7-8-9-10-11-12-13-14-15-17(19)16(2)18(20)21;1-5(2,3)4/h19H,3-15H2,1-2H3,(H,20,21);(H3,1,2,3,4). The summed E-state index contributed by atoms with van der Waals surface area (Å²) in [6, 6.07) is 0. The van der Waals surface area contributed by atoms with Crippen LogP contribution in [0.2, 0.25) is 0 Å². The monoisotopic (exact) mass is 396 g/mol. The van der Waals surface area contributed by atoms with Crippen LogP contribution in [0.15, 0.2) is 11.3 Å². The normalized spacial score (nSPS) is 12.2. The van der Waals surface area contributed by atoms with Crippen molar-refractivity contribution in [1.29, 1.82) is 0 Å². The number of aliphatic hydroxyl groups is 1. The highest BCUT2D eigenvalue weighted by Gasteiger charge is 2.07. The molecular weight excluding hydrogens is 359 g/mol. The van der Waals surface area contributed by atoms with E-state index in [1.807, 2.05) is 0 Å². The summed E-state index contributed by atoms with van der Waals surface area (Å²) in [5, 5.41) is 18.3. The minimum Gasteiger partial charge on any atom is -0.512 e. The zero-order chi connectivity index (χ0) is 20.4. The van der Waals surface area contributed by atoms with Crippen molar-refractivity contribution in [2.75, 3.05) is 0 Å². The smallest absolute Gasteiger partial charge is 0.466 e. The zero-order valence-electron chi connectivity index (χ0n) is 16.2. The lowest BCUT2D eigenvalue weighted by atomic mass is 10.0. The lowest BCUT2D eigenvalue weighted by molar-refractivity contribution is -0.132. The first kappa shape index (κ1) is 27.3. The van der Waals surface area contributed by atoms with Crippen LogP contribution in [-0.2, 0) is 9.36 Å². The lowest BCUT2D eigenvalue weighted by Crippen LogP contribution is -2.01. The second-order valence-corrected chi connectivity index (χ2v) is 7.56. The van der Waals surface area contributed by atoms with Crippen molar-refractivity contribution in [2.45, 2.75) is 97.3 Å². The van der Waals surface area contributed by atoms with Crippen LogP contribution in [0.1, 0.15) is 97.3 Å². The summed E-state index contributed by atoms with van der Waals surface area (Å²) in [5.41, 5.74) is 0.0815. The van der Waals surface area contributed by atoms with Gasteiger partial charge in [0.05, 0.1) is 5.57 Å². The molecule has 0 fully saturated rings. The van der Waals surface area contributed by atoms with Gasteiger partial charge in [0.2, 0.25) is 0 Å². The van der Waals surface area contributed by atoms with Crippen molar-refractivity contribution >= 4 is 13.8 Å². The Labute approximate surface area is 157 Å². The van der Waals surface area contributed by atoms with Crippen LogP contribution in [-0.4, -0.2) is 30.9 Å². The molecule has 0 aliphatic rings. The molecule has 0 rings (SSSR count). The molecule has 0 aliphatic heterocycles. The number of unbranched alkanes of at least 4 members (excludes halogenated alkanes) is 11. The van der Waals surface area contributed by atoms with Gasteiger partial charge in [0.25, 0.3) is 0 Å². The fourth-order valence-corrected chi connectivity index (χ4v) is 2.44. The van der Waals surface area contributed by atoms with Gasteiger partial charge in [0.1, 0.15) is 5.76 Å². The largest absolute Gasteiger partial charge is 0.512 e. The molecule has 5 N–H and O–H groups in total. The molecule has 0 saturated carbocycles. The van der Waals surface area contributed by atoms with E-state index in [0.717, 1.165) is 12.8 Å². The predicted molar refractivity (Wildman–Crippen MR) is 103 cm³/mol. The van der Waals surface area contributed by atoms with E-state index in [4.69, 9.17) is 24.4 Å². The van der Waals surface area contributed by atoms with Gasteiger partial charge in [-0.2, -0.15) is 0 Å². The average Bonchev–Trinajstić information content (AvgIpc) is 2.53. The molecule has 156 valence electrons. The van der Waals surface area contributed by atoms with Crippen molar-refractivity contribution in [3.05, 3.63) is 11.3 Å². The highest BCUT2D eigenvalue weighted by molar-refractivity contribution is 7.45. The third-order valence-corrected chi connectivity index (χ3v) is 4.02. The van der Waals surface area contributed by atoms with Gasteiger partial charge >= 0.3 is 13.8 Å². The van der Waals surface area contributed by atoms with Gasteiger partial charge < -0.3 is 24.9 Å². The van der Waals surface area contributed by atoms with Crippen molar-refractivity contribution in [3.8, 4) is 0 Å². The first-order valence-electron chi connectivity index (χ1n) is 9.49. The number of phosphoric acid groups is 1. The molecule has 0 amide bonds. The number of hydrogen-bond acceptors (Lipinski definition) is 3. The summed E-state index contributed by atoms with van der Waals surface area (Å²) in [5.74, 6) is -0.985. The Bertz CT molecular complexity index is 421. The fraction of sp³-hybridized carbons (Fsp3) is 0.833. The zero-order valence-corrected chi connectivity index (χ0v) is 17.1. The SMILES string of the molecule is CCCCCCCCCCCCCCC(O)=C(C)C(=O)O.O=P(O)(O)O. The first-order valence-corrected chi connectivity index (χ1v) is 11.1. The van der Waals surface area contributed by atoms with Gasteiger partial charge in [0, 0.05) is 6.42 Å². The first-order chi connectivity index (χ1) is 12.1. The van der Waals surface area contributed by atoms with Crippen LogP contribution in [0.25, 0.3) is 0 Å². The van der Waals surface area contributed by atoms with Crippen molar-refractivity contribution in [3.63, 3.8) is 0 Å². The molecule has 0 spiro atoms. The molecule has 8 heteroatoms. The Morgan fingerprint density at radius 2 is 1.04 bits per heavy atom. The van der Waals surface area contributed by atoms with Crippen LogP contribution in [0.5, 0.6) is 0 Å². The fourth-order valence-electron chi connectivity index (χ4n) is 2.44. The van der Waals surface area contributed by atoms with Crippen LogP contribution < -0.4 is 0 Å². The highest BCUT2D eigenvalue weighted by Crippen LogP contribution is 2.25. The molecule has 0 aromatic heterocycles. The van der Waals surface area contributed by atoms with E-state index in [9.17, 15) is 9.90 Å². The van der Waals surface area contributed by atoms with E-state index in [1.54, 1.807) is 0 Å². The number of rotatable bonds is 14. The van der Waals surface area contributed by atoms with E-state index >= 15 is 0 Å². The lowest BCUT2D eigenvalue weighted by Gasteiger charge is -2.04. The summed E-state index contributed by atoms with van der Waals surface area (Å²) < 4.78 is 8.88. The third kappa shape index (κ3) is 25.4. The van der Waals surface area contributed by atoms with Crippen molar-refractivity contribution in [1.82, 2.24) is 0 Å². The Morgan fingerprint density at radius 3 is 1.35 bits per heavy atom. The van der Waals surface area contributed by atoms with Gasteiger partial charge in [-0.1, -0.05) is 77.6 Å². The second-order valence-electron chi connectivity index (χ2n) is 6.53. The number of carboxylic acids is 1. The number of hydrogen-bond donors (Lipinski definition) is 5. The highest BCUT2D eigenvalue weighted by atomic mass is 31.2. The summed E-state index contributed by atoms with van der Waals surface area (Å²) in [6.45, 7) is 3.71. The quantitative estimate of drug-likeness (QED) is 0.120. The van der Waals surface area contributed by atoms with Crippen molar-refractivity contribution in [2.24, 2.45) is 0 Å². The van der Waals surface area contributed by atoms with Gasteiger partial charge in [-0.15, -0.1) is 0 Å². The molecule has 0 bridgehead atoms. The molecule has 0 aromatic carbocycles. The molecule has 0 atom stereocenters. The number of allylic oxidation sites excluding steroid dienone is 1. The van der Waals surface area contributed by atoms with E-state index in [-0.39, 0.29) is 11.3 Å². The third-order valence-electron chi connectivity index (χ3n) is 4.02. The Kier molecular flexibility index (Phi) is 18.4. The topological polar surface area (TPSA) is 135 Å². The maximum Gasteiger partial charge on any atom is 0.466 e. The van der Waals surface area contributed by atoms with Crippen LogP contribution in [0.3, 0.4) is 0 Å². The van der Waals surface area contributed by atoms with E-state index < -0.39 is 13.8 Å². The van der Waals surface area contributed by atoms with E-state index in [1.165, 1.54) is 71.1 Å². The van der Waals surface area contributed by atoms with E-state index in [2.05, 4.69) is 6.92 Å². The van der Waals surface area contributed by atoms with Gasteiger partial charge in [0.15, 0.2) is 0 Å². The average molecular weight is 396 g/mol. The van der Waals surface area contributed by atoms with Gasteiger partial charge in [-0.25, -0.2) is 9.36 Å². The molecule has 0 unspecified atom stereocenters. The van der Waals surface area contributed by atoms with Gasteiger partial charge in [-0.3, -0.25) is 0 Å². The molecular formula is C18H37O7P. The second kappa shape index (κ2) is 17.5. The Balaban J connectivity index is 0. The molecule has 0 saturated heterocycles. The number of aliphatic carboxylic acids is 1. The molecule has 26 heavy (non-hydrogen) atoms. The maximum atomic E-state index is 10.6. The molecule has 0 aliphatic carbocycles. The summed E-state index contributed by atoms with van der Waals surface area (Å²) in [7, 11) is -4.64. The number of aliphatic hydroxyl groups excluding tert-OH is 1. The Morgan fingerprint density at radius 1 is 0.731 bits per heavy atom. The van der Waals surface area contributed by atoms with Crippen LogP contribution in [0.4, 0.5) is 0 Å². The molecule has 7 nitrogen and oxygen atoms in total.